The molecule has 0 bridgehead atoms. The van der Waals surface area contributed by atoms with E-state index in [1.807, 2.05) is 4.90 Å². The SMILES string of the molecule is O=C(O)C1CC2CCCCC2N1Cc1cc(Cl)cc(C(F)(F)F)c1. The molecule has 2 fully saturated rings. The Hall–Kier alpha value is -1.27. The largest absolute Gasteiger partial charge is 0.480 e. The number of nitrogens with zero attached hydrogens (tertiary/aromatic N) is 1. The van der Waals surface area contributed by atoms with E-state index in [0.29, 0.717) is 17.9 Å². The predicted molar refractivity (Wildman–Crippen MR) is 83.8 cm³/mol. The number of carboxylic acid groups (broad SMARTS) is 1. The van der Waals surface area contributed by atoms with Gasteiger partial charge in [-0.15, -0.1) is 0 Å². The van der Waals surface area contributed by atoms with Gasteiger partial charge in [-0.1, -0.05) is 24.4 Å². The van der Waals surface area contributed by atoms with Gasteiger partial charge in [-0.05, 0) is 48.9 Å². The highest BCUT2D eigenvalue weighted by molar-refractivity contribution is 6.30. The molecule has 1 heterocycles. The second kappa shape index (κ2) is 6.56. The van der Waals surface area contributed by atoms with Crippen LogP contribution in [0.1, 0.15) is 43.2 Å². The first-order chi connectivity index (χ1) is 11.3. The van der Waals surface area contributed by atoms with Crippen molar-refractivity contribution in [2.24, 2.45) is 5.92 Å². The molecule has 1 N–H and O–H groups in total. The summed E-state index contributed by atoms with van der Waals surface area (Å²) < 4.78 is 38.9. The lowest BCUT2D eigenvalue weighted by Gasteiger charge is -2.33. The Morgan fingerprint density at radius 3 is 2.62 bits per heavy atom. The molecule has 1 aromatic carbocycles. The van der Waals surface area contributed by atoms with Crippen molar-refractivity contribution >= 4 is 17.6 Å². The molecule has 0 amide bonds. The average molecular weight is 362 g/mol. The molecule has 3 atom stereocenters. The Labute approximate surface area is 143 Å². The van der Waals surface area contributed by atoms with Gasteiger partial charge >= 0.3 is 12.1 Å². The summed E-state index contributed by atoms with van der Waals surface area (Å²) in [5.41, 5.74) is -0.386. The summed E-state index contributed by atoms with van der Waals surface area (Å²) in [7, 11) is 0. The summed E-state index contributed by atoms with van der Waals surface area (Å²) in [6, 6.07) is 2.96. The van der Waals surface area contributed by atoms with E-state index < -0.39 is 23.8 Å². The zero-order chi connectivity index (χ0) is 17.5. The maximum absolute atomic E-state index is 13.0. The summed E-state index contributed by atoms with van der Waals surface area (Å²) in [5.74, 6) is -0.580. The number of carboxylic acids is 1. The first kappa shape index (κ1) is 17.5. The molecule has 1 saturated heterocycles. The summed E-state index contributed by atoms with van der Waals surface area (Å²) in [4.78, 5) is 13.5. The minimum absolute atomic E-state index is 0.0195. The van der Waals surface area contributed by atoms with Crippen molar-refractivity contribution in [2.75, 3.05) is 0 Å². The summed E-state index contributed by atoms with van der Waals surface area (Å²) >= 11 is 5.84. The first-order valence-corrected chi connectivity index (χ1v) is 8.48. The first-order valence-electron chi connectivity index (χ1n) is 8.11. The highest BCUT2D eigenvalue weighted by Crippen LogP contribution is 2.41. The van der Waals surface area contributed by atoms with E-state index in [9.17, 15) is 23.1 Å². The number of hydrogen-bond donors (Lipinski definition) is 1. The molecule has 24 heavy (non-hydrogen) atoms. The van der Waals surface area contributed by atoms with Crippen LogP contribution in [0.2, 0.25) is 5.02 Å². The Morgan fingerprint density at radius 2 is 1.96 bits per heavy atom. The normalized spacial score (nSPS) is 27.9. The van der Waals surface area contributed by atoms with E-state index in [1.165, 1.54) is 6.07 Å². The van der Waals surface area contributed by atoms with E-state index in [2.05, 4.69) is 0 Å². The maximum Gasteiger partial charge on any atom is 0.416 e. The number of hydrogen-bond acceptors (Lipinski definition) is 2. The van der Waals surface area contributed by atoms with Gasteiger partial charge in [0.1, 0.15) is 6.04 Å². The van der Waals surface area contributed by atoms with Gasteiger partial charge in [0.05, 0.1) is 5.56 Å². The third-order valence-electron chi connectivity index (χ3n) is 5.16. The molecule has 0 radical (unpaired) electrons. The van der Waals surface area contributed by atoms with Gasteiger partial charge in [0.2, 0.25) is 0 Å². The van der Waals surface area contributed by atoms with Crippen LogP contribution in [0.5, 0.6) is 0 Å². The van der Waals surface area contributed by atoms with Gasteiger partial charge in [0.15, 0.2) is 0 Å². The zero-order valence-corrected chi connectivity index (χ0v) is 13.8. The molecule has 3 rings (SSSR count). The van der Waals surface area contributed by atoms with E-state index in [4.69, 9.17) is 11.6 Å². The van der Waals surface area contributed by atoms with Gasteiger partial charge in [-0.2, -0.15) is 13.2 Å². The van der Waals surface area contributed by atoms with E-state index in [1.54, 1.807) is 0 Å². The molecule has 3 nitrogen and oxygen atoms in total. The van der Waals surface area contributed by atoms with Crippen molar-refractivity contribution in [3.63, 3.8) is 0 Å². The summed E-state index contributed by atoms with van der Waals surface area (Å²) in [6.07, 6.45) is 0.135. The Kier molecular flexibility index (Phi) is 4.80. The number of likely N-dealkylation sites (tertiary alicyclic amines) is 1. The van der Waals surface area contributed by atoms with Crippen molar-refractivity contribution < 1.29 is 23.1 Å². The van der Waals surface area contributed by atoms with Crippen LogP contribution in [-0.4, -0.2) is 28.1 Å². The number of rotatable bonds is 3. The maximum atomic E-state index is 13.0. The van der Waals surface area contributed by atoms with Crippen LogP contribution >= 0.6 is 11.6 Å². The number of halogens is 4. The van der Waals surface area contributed by atoms with Crippen LogP contribution in [-0.2, 0) is 17.5 Å². The van der Waals surface area contributed by atoms with E-state index >= 15 is 0 Å². The highest BCUT2D eigenvalue weighted by Gasteiger charge is 2.45. The Bertz CT molecular complexity index is 635. The average Bonchev–Trinajstić information content (AvgIpc) is 2.85. The molecule has 1 aliphatic carbocycles. The molecule has 7 heteroatoms. The number of benzene rings is 1. The lowest BCUT2D eigenvalue weighted by Crippen LogP contribution is -2.41. The highest BCUT2D eigenvalue weighted by atomic mass is 35.5. The molecular formula is C17H19ClF3NO2. The fourth-order valence-electron chi connectivity index (χ4n) is 4.14. The number of alkyl halides is 3. The molecule has 3 unspecified atom stereocenters. The minimum Gasteiger partial charge on any atom is -0.480 e. The van der Waals surface area contributed by atoms with Crippen LogP contribution in [0.15, 0.2) is 18.2 Å². The number of carbonyl (C=O) groups is 1. The van der Waals surface area contributed by atoms with Gasteiger partial charge < -0.3 is 5.11 Å². The molecule has 1 aromatic rings. The fourth-order valence-corrected chi connectivity index (χ4v) is 4.40. The van der Waals surface area contributed by atoms with Crippen LogP contribution in [0.3, 0.4) is 0 Å². The van der Waals surface area contributed by atoms with Gasteiger partial charge in [0.25, 0.3) is 0 Å². The molecule has 1 saturated carbocycles. The van der Waals surface area contributed by atoms with Gasteiger partial charge in [-0.25, -0.2) is 0 Å². The molecule has 0 spiro atoms. The van der Waals surface area contributed by atoms with Crippen molar-refractivity contribution in [2.45, 2.75) is 56.9 Å². The number of aliphatic carboxylic acids is 1. The van der Waals surface area contributed by atoms with Crippen LogP contribution in [0.4, 0.5) is 13.2 Å². The third-order valence-corrected chi connectivity index (χ3v) is 5.37. The van der Waals surface area contributed by atoms with Crippen LogP contribution in [0.25, 0.3) is 0 Å². The molecule has 132 valence electrons. The number of fused-ring (bicyclic) bond motifs is 1. The topological polar surface area (TPSA) is 40.5 Å². The van der Waals surface area contributed by atoms with Crippen molar-refractivity contribution in [3.05, 3.63) is 34.3 Å². The standard InChI is InChI=1S/C17H19ClF3NO2/c18-13-6-10(5-12(8-13)17(19,20)21)9-22-14-4-2-1-3-11(14)7-15(22)16(23)24/h5-6,8,11,14-15H,1-4,7,9H2,(H,23,24). The smallest absolute Gasteiger partial charge is 0.416 e. The van der Waals surface area contributed by atoms with Crippen LogP contribution < -0.4 is 0 Å². The van der Waals surface area contributed by atoms with Crippen molar-refractivity contribution in [1.82, 2.24) is 4.90 Å². The Morgan fingerprint density at radius 1 is 1.25 bits per heavy atom. The van der Waals surface area contributed by atoms with Crippen molar-refractivity contribution in [1.29, 1.82) is 0 Å². The zero-order valence-electron chi connectivity index (χ0n) is 13.0. The molecule has 1 aliphatic heterocycles. The van der Waals surface area contributed by atoms with Crippen LogP contribution in [0, 0.1) is 5.92 Å². The lowest BCUT2D eigenvalue weighted by atomic mass is 9.84. The lowest BCUT2D eigenvalue weighted by molar-refractivity contribution is -0.143. The summed E-state index contributed by atoms with van der Waals surface area (Å²) in [5, 5.41) is 9.52. The summed E-state index contributed by atoms with van der Waals surface area (Å²) in [6.45, 7) is 0.182. The van der Waals surface area contributed by atoms with Gasteiger partial charge in [-0.3, -0.25) is 9.69 Å². The monoisotopic (exact) mass is 361 g/mol. The minimum atomic E-state index is -4.47. The molecule has 0 aromatic heterocycles. The van der Waals surface area contributed by atoms with Gasteiger partial charge in [0, 0.05) is 17.6 Å². The fraction of sp³-hybridized carbons (Fsp3) is 0.588. The van der Waals surface area contributed by atoms with E-state index in [-0.39, 0.29) is 17.6 Å². The molecule has 2 aliphatic rings. The van der Waals surface area contributed by atoms with Crippen molar-refractivity contribution in [3.8, 4) is 0 Å². The molecular weight excluding hydrogens is 343 g/mol. The quantitative estimate of drug-likeness (QED) is 0.856. The second-order valence-electron chi connectivity index (χ2n) is 6.72. The third kappa shape index (κ3) is 3.54. The second-order valence-corrected chi connectivity index (χ2v) is 7.16. The Balaban J connectivity index is 1.88. The van der Waals surface area contributed by atoms with E-state index in [0.717, 1.165) is 37.8 Å². The predicted octanol–water partition coefficient (Wildman–Crippen LogP) is 4.58.